The number of carbonyl (C=O) groups excluding carboxylic acids is 3. The molecule has 2 bridgehead atoms. The van der Waals surface area contributed by atoms with Gasteiger partial charge in [-0.1, -0.05) is 6.08 Å². The number of rotatable bonds is 4. The van der Waals surface area contributed by atoms with E-state index in [1.54, 1.807) is 12.2 Å². The van der Waals surface area contributed by atoms with Crippen molar-refractivity contribution >= 4 is 23.6 Å². The second-order valence-electron chi connectivity index (χ2n) is 6.13. The maximum atomic E-state index is 12.9. The van der Waals surface area contributed by atoms with E-state index in [1.165, 1.54) is 26.2 Å². The van der Waals surface area contributed by atoms with Gasteiger partial charge in [0.15, 0.2) is 5.82 Å². The van der Waals surface area contributed by atoms with Gasteiger partial charge in [-0.15, -0.1) is 10.2 Å². The Labute approximate surface area is 142 Å². The first-order valence-corrected chi connectivity index (χ1v) is 7.73. The third-order valence-electron chi connectivity index (χ3n) is 4.72. The number of fused-ring (bicyclic) bond motifs is 5. The zero-order valence-electron chi connectivity index (χ0n) is 13.5. The SMILES string of the molecule is COc1ccc(N2C(=O)[C@H]3[C@@H](C2=O)[C@@]2(COC(C)=O)C=C[C@H]3O2)nn1. The third-order valence-corrected chi connectivity index (χ3v) is 4.72. The van der Waals surface area contributed by atoms with Gasteiger partial charge in [0.2, 0.25) is 17.7 Å². The highest BCUT2D eigenvalue weighted by molar-refractivity contribution is 6.22. The Morgan fingerprint density at radius 3 is 2.76 bits per heavy atom. The molecule has 3 aliphatic rings. The number of carbonyl (C=O) groups is 3. The predicted octanol–water partition coefficient (Wildman–Crippen LogP) is -0.139. The van der Waals surface area contributed by atoms with Crippen LogP contribution in [0.5, 0.6) is 5.88 Å². The van der Waals surface area contributed by atoms with Crippen molar-refractivity contribution in [1.29, 1.82) is 0 Å². The van der Waals surface area contributed by atoms with E-state index in [0.717, 1.165) is 4.90 Å². The largest absolute Gasteiger partial charge is 0.480 e. The number of aromatic nitrogens is 2. The minimum atomic E-state index is -1.11. The lowest BCUT2D eigenvalue weighted by atomic mass is 9.77. The first-order chi connectivity index (χ1) is 12.0. The molecule has 0 saturated carbocycles. The maximum absolute atomic E-state index is 12.9. The molecule has 0 aromatic carbocycles. The monoisotopic (exact) mass is 345 g/mol. The summed E-state index contributed by atoms with van der Waals surface area (Å²) in [5.74, 6) is -2.31. The van der Waals surface area contributed by atoms with Crippen LogP contribution in [-0.2, 0) is 23.9 Å². The Morgan fingerprint density at radius 1 is 1.32 bits per heavy atom. The molecule has 0 unspecified atom stereocenters. The van der Waals surface area contributed by atoms with Crippen LogP contribution in [-0.4, -0.2) is 53.4 Å². The quantitative estimate of drug-likeness (QED) is 0.422. The van der Waals surface area contributed by atoms with E-state index in [4.69, 9.17) is 14.2 Å². The lowest BCUT2D eigenvalue weighted by Gasteiger charge is -2.27. The molecule has 3 aliphatic heterocycles. The van der Waals surface area contributed by atoms with Crippen LogP contribution < -0.4 is 9.64 Å². The average molecular weight is 345 g/mol. The van der Waals surface area contributed by atoms with E-state index >= 15 is 0 Å². The van der Waals surface area contributed by atoms with Crippen LogP contribution in [0.25, 0.3) is 0 Å². The van der Waals surface area contributed by atoms with Gasteiger partial charge >= 0.3 is 5.97 Å². The summed E-state index contributed by atoms with van der Waals surface area (Å²) in [6, 6.07) is 3.02. The zero-order valence-corrected chi connectivity index (χ0v) is 13.5. The van der Waals surface area contributed by atoms with Gasteiger partial charge in [-0.3, -0.25) is 14.4 Å². The Morgan fingerprint density at radius 2 is 2.12 bits per heavy atom. The Kier molecular flexibility index (Phi) is 3.36. The predicted molar refractivity (Wildman–Crippen MR) is 81.4 cm³/mol. The Balaban J connectivity index is 1.66. The molecule has 9 nitrogen and oxygen atoms in total. The fourth-order valence-electron chi connectivity index (χ4n) is 3.65. The number of ether oxygens (including phenoxy) is 3. The molecule has 0 spiro atoms. The fraction of sp³-hybridized carbons (Fsp3) is 0.438. The molecule has 130 valence electrons. The van der Waals surface area contributed by atoms with Gasteiger partial charge in [0, 0.05) is 13.0 Å². The van der Waals surface area contributed by atoms with Crippen LogP contribution in [0.2, 0.25) is 0 Å². The van der Waals surface area contributed by atoms with Crippen LogP contribution in [0.15, 0.2) is 24.3 Å². The second kappa shape index (κ2) is 5.35. The highest BCUT2D eigenvalue weighted by atomic mass is 16.6. The second-order valence-corrected chi connectivity index (χ2v) is 6.13. The van der Waals surface area contributed by atoms with E-state index in [-0.39, 0.29) is 18.3 Å². The third kappa shape index (κ3) is 2.15. The molecule has 0 aliphatic carbocycles. The molecule has 9 heteroatoms. The molecular formula is C16H15N3O6. The summed E-state index contributed by atoms with van der Waals surface area (Å²) < 4.78 is 15.8. The van der Waals surface area contributed by atoms with Crippen molar-refractivity contribution in [3.63, 3.8) is 0 Å². The molecule has 1 aromatic rings. The van der Waals surface area contributed by atoms with E-state index < -0.39 is 41.3 Å². The van der Waals surface area contributed by atoms with Crippen molar-refractivity contribution in [3.8, 4) is 5.88 Å². The molecule has 25 heavy (non-hydrogen) atoms. The highest BCUT2D eigenvalue weighted by Gasteiger charge is 2.68. The van der Waals surface area contributed by atoms with Crippen LogP contribution in [0.3, 0.4) is 0 Å². The number of nitrogens with zero attached hydrogens (tertiary/aromatic N) is 3. The van der Waals surface area contributed by atoms with Crippen LogP contribution >= 0.6 is 0 Å². The summed E-state index contributed by atoms with van der Waals surface area (Å²) in [7, 11) is 1.44. The summed E-state index contributed by atoms with van der Waals surface area (Å²) in [6.45, 7) is 1.16. The van der Waals surface area contributed by atoms with Crippen molar-refractivity contribution in [2.24, 2.45) is 11.8 Å². The fourth-order valence-corrected chi connectivity index (χ4v) is 3.65. The van der Waals surface area contributed by atoms with Gasteiger partial charge in [0.05, 0.1) is 25.0 Å². The Hall–Kier alpha value is -2.81. The van der Waals surface area contributed by atoms with Gasteiger partial charge < -0.3 is 14.2 Å². The average Bonchev–Trinajstić information content (AvgIpc) is 3.24. The van der Waals surface area contributed by atoms with Crippen molar-refractivity contribution in [1.82, 2.24) is 10.2 Å². The van der Waals surface area contributed by atoms with Crippen molar-refractivity contribution in [3.05, 3.63) is 24.3 Å². The highest BCUT2D eigenvalue weighted by Crippen LogP contribution is 2.52. The number of anilines is 1. The minimum Gasteiger partial charge on any atom is -0.480 e. The van der Waals surface area contributed by atoms with Crippen molar-refractivity contribution in [2.45, 2.75) is 18.6 Å². The molecule has 4 atom stereocenters. The molecule has 4 rings (SSSR count). The van der Waals surface area contributed by atoms with Crippen LogP contribution in [0, 0.1) is 11.8 Å². The molecule has 1 aromatic heterocycles. The summed E-state index contributed by atoms with van der Waals surface area (Å²) in [5.41, 5.74) is -1.11. The van der Waals surface area contributed by atoms with Crippen molar-refractivity contribution < 1.29 is 28.6 Å². The van der Waals surface area contributed by atoms with Gasteiger partial charge in [0.1, 0.15) is 12.2 Å². The van der Waals surface area contributed by atoms with Gasteiger partial charge in [-0.05, 0) is 12.1 Å². The molecule has 4 heterocycles. The Bertz CT molecular complexity index is 792. The van der Waals surface area contributed by atoms with Crippen LogP contribution in [0.1, 0.15) is 6.92 Å². The normalized spacial score (nSPS) is 32.2. The standard InChI is InChI=1S/C16H15N3O6/c1-8(20)24-7-16-6-5-9(25-16)12-13(16)15(22)19(14(12)21)10-3-4-11(23-2)18-17-10/h3-6,9,12-13H,7H2,1-2H3/t9-,12-,13+,16+/m1/s1. The van der Waals surface area contributed by atoms with E-state index in [9.17, 15) is 14.4 Å². The molecule has 0 radical (unpaired) electrons. The number of hydrogen-bond donors (Lipinski definition) is 0. The maximum Gasteiger partial charge on any atom is 0.302 e. The van der Waals surface area contributed by atoms with Gasteiger partial charge in [-0.2, -0.15) is 0 Å². The van der Waals surface area contributed by atoms with Gasteiger partial charge in [-0.25, -0.2) is 4.90 Å². The summed E-state index contributed by atoms with van der Waals surface area (Å²) in [5, 5.41) is 7.69. The van der Waals surface area contributed by atoms with Crippen molar-refractivity contribution in [2.75, 3.05) is 18.6 Å². The zero-order chi connectivity index (χ0) is 17.8. The summed E-state index contributed by atoms with van der Waals surface area (Å²) in [6.07, 6.45) is 2.92. The van der Waals surface area contributed by atoms with E-state index in [0.29, 0.717) is 0 Å². The lowest BCUT2D eigenvalue weighted by molar-refractivity contribution is -0.150. The first-order valence-electron chi connectivity index (χ1n) is 7.73. The minimum absolute atomic E-state index is 0.113. The molecule has 2 amide bonds. The molecular weight excluding hydrogens is 330 g/mol. The van der Waals surface area contributed by atoms with E-state index in [2.05, 4.69) is 10.2 Å². The topological polar surface area (TPSA) is 108 Å². The number of esters is 1. The molecule has 2 fully saturated rings. The molecule has 0 N–H and O–H groups in total. The number of hydrogen-bond acceptors (Lipinski definition) is 8. The summed E-state index contributed by atoms with van der Waals surface area (Å²) in [4.78, 5) is 37.9. The first kappa shape index (κ1) is 15.7. The number of imide groups is 1. The van der Waals surface area contributed by atoms with Gasteiger partial charge in [0.25, 0.3) is 0 Å². The lowest BCUT2D eigenvalue weighted by Crippen LogP contribution is -2.44. The molecule has 2 saturated heterocycles. The van der Waals surface area contributed by atoms with E-state index in [1.807, 2.05) is 0 Å². The van der Waals surface area contributed by atoms with Crippen LogP contribution in [0.4, 0.5) is 5.82 Å². The smallest absolute Gasteiger partial charge is 0.302 e. The number of methoxy groups -OCH3 is 1. The summed E-state index contributed by atoms with van der Waals surface area (Å²) >= 11 is 0. The number of amides is 2.